The molecule has 158 valence electrons. The summed E-state index contributed by atoms with van der Waals surface area (Å²) in [6, 6.07) is 25.9. The van der Waals surface area contributed by atoms with Gasteiger partial charge in [0, 0.05) is 18.5 Å². The average Bonchev–Trinajstić information content (AvgIpc) is 2.92. The van der Waals surface area contributed by atoms with E-state index in [0.717, 1.165) is 11.3 Å². The Morgan fingerprint density at radius 1 is 1.00 bits per heavy atom. The van der Waals surface area contributed by atoms with E-state index in [1.165, 1.54) is 11.1 Å². The molecule has 4 rings (SSSR count). The lowest BCUT2D eigenvalue weighted by Gasteiger charge is -2.28. The van der Waals surface area contributed by atoms with Crippen molar-refractivity contribution in [1.82, 2.24) is 5.32 Å². The van der Waals surface area contributed by atoms with Gasteiger partial charge in [0.15, 0.2) is 0 Å². The van der Waals surface area contributed by atoms with Crippen LogP contribution in [0.4, 0.5) is 11.4 Å². The van der Waals surface area contributed by atoms with Crippen molar-refractivity contribution in [1.29, 1.82) is 0 Å². The summed E-state index contributed by atoms with van der Waals surface area (Å²) in [6.45, 7) is 4.15. The first-order chi connectivity index (χ1) is 15.0. The molecule has 0 fully saturated rings. The number of benzene rings is 3. The number of nitrogens with one attached hydrogen (secondary N) is 2. The van der Waals surface area contributed by atoms with E-state index in [1.807, 2.05) is 49.4 Å². The Balaban J connectivity index is 1.44. The van der Waals surface area contributed by atoms with Gasteiger partial charge in [-0.25, -0.2) is 0 Å². The second kappa shape index (κ2) is 9.14. The number of fused-ring (bicyclic) bond motifs is 1. The van der Waals surface area contributed by atoms with Crippen molar-refractivity contribution in [2.75, 3.05) is 16.8 Å². The number of nitrogens with zero attached hydrogens (tertiary/aromatic N) is 1. The highest BCUT2D eigenvalue weighted by molar-refractivity contribution is 6.04. The first-order valence-electron chi connectivity index (χ1n) is 10.6. The molecule has 3 aromatic rings. The Morgan fingerprint density at radius 2 is 1.65 bits per heavy atom. The summed E-state index contributed by atoms with van der Waals surface area (Å²) in [5, 5.41) is 6.24. The highest BCUT2D eigenvalue weighted by Gasteiger charge is 2.29. The molecule has 1 heterocycles. The van der Waals surface area contributed by atoms with Crippen molar-refractivity contribution < 1.29 is 9.59 Å². The van der Waals surface area contributed by atoms with Gasteiger partial charge < -0.3 is 15.5 Å². The maximum absolute atomic E-state index is 13.1. The molecule has 2 N–H and O–H groups in total. The van der Waals surface area contributed by atoms with E-state index in [2.05, 4.69) is 54.0 Å². The van der Waals surface area contributed by atoms with E-state index >= 15 is 0 Å². The third-order valence-corrected chi connectivity index (χ3v) is 5.71. The number of rotatable bonds is 5. The van der Waals surface area contributed by atoms with Gasteiger partial charge in [-0.3, -0.25) is 9.59 Å². The van der Waals surface area contributed by atoms with Crippen molar-refractivity contribution in [3.05, 3.63) is 84.4 Å². The van der Waals surface area contributed by atoms with Crippen molar-refractivity contribution in [2.45, 2.75) is 32.4 Å². The lowest BCUT2D eigenvalue weighted by Crippen LogP contribution is -2.44. The standard InChI is InChI=1S/C26H27N3O2/c1-18-16-25(30)28-23-10-6-7-11-24(23)29(18)26(31)17-27-19(2)20-12-14-22(15-13-20)21-8-4-3-5-9-21/h3-15,18-19,27H,16-17H2,1-2H3,(H,28,30)/t18-,19+/m1/s1. The SMILES string of the molecule is C[C@H](NCC(=O)N1c2ccccc2NC(=O)C[C@H]1C)c1ccc(-c2ccccc2)cc1. The number of amides is 2. The maximum atomic E-state index is 13.1. The molecular formula is C26H27N3O2. The van der Waals surface area contributed by atoms with Crippen LogP contribution in [0.1, 0.15) is 31.9 Å². The fourth-order valence-electron chi connectivity index (χ4n) is 4.01. The summed E-state index contributed by atoms with van der Waals surface area (Å²) in [5.74, 6) is -0.126. The number of para-hydroxylation sites is 2. The molecule has 0 aliphatic carbocycles. The summed E-state index contributed by atoms with van der Waals surface area (Å²) in [5.41, 5.74) is 4.89. The minimum Gasteiger partial charge on any atom is -0.324 e. The molecule has 5 heteroatoms. The van der Waals surface area contributed by atoms with Crippen LogP contribution in [0.3, 0.4) is 0 Å². The van der Waals surface area contributed by atoms with Crippen LogP contribution >= 0.6 is 0 Å². The fourth-order valence-corrected chi connectivity index (χ4v) is 4.01. The van der Waals surface area contributed by atoms with Crippen LogP contribution in [-0.4, -0.2) is 24.4 Å². The molecule has 0 bridgehead atoms. The molecule has 31 heavy (non-hydrogen) atoms. The fraction of sp³-hybridized carbons (Fsp3) is 0.231. The van der Waals surface area contributed by atoms with Crippen LogP contribution in [0.15, 0.2) is 78.9 Å². The summed E-state index contributed by atoms with van der Waals surface area (Å²) >= 11 is 0. The molecule has 2 atom stereocenters. The second-order valence-corrected chi connectivity index (χ2v) is 7.97. The van der Waals surface area contributed by atoms with Gasteiger partial charge in [0.1, 0.15) is 0 Å². The lowest BCUT2D eigenvalue weighted by molar-refractivity contribution is -0.118. The molecule has 1 aliphatic rings. The highest BCUT2D eigenvalue weighted by atomic mass is 16.2. The quantitative estimate of drug-likeness (QED) is 0.633. The topological polar surface area (TPSA) is 61.4 Å². The van der Waals surface area contributed by atoms with Gasteiger partial charge >= 0.3 is 0 Å². The Labute approximate surface area is 183 Å². The Morgan fingerprint density at radius 3 is 2.39 bits per heavy atom. The number of carbonyl (C=O) groups excluding carboxylic acids is 2. The minimum absolute atomic E-state index is 0.0195. The summed E-state index contributed by atoms with van der Waals surface area (Å²) < 4.78 is 0. The van der Waals surface area contributed by atoms with Gasteiger partial charge in [-0.2, -0.15) is 0 Å². The Bertz CT molecular complexity index is 1060. The minimum atomic E-state index is -0.210. The number of hydrogen-bond donors (Lipinski definition) is 2. The Kier molecular flexibility index (Phi) is 6.14. The van der Waals surface area contributed by atoms with E-state index in [0.29, 0.717) is 5.69 Å². The number of carbonyl (C=O) groups is 2. The van der Waals surface area contributed by atoms with Gasteiger partial charge in [-0.05, 0) is 42.7 Å². The van der Waals surface area contributed by atoms with Gasteiger partial charge in [-0.1, -0.05) is 66.7 Å². The smallest absolute Gasteiger partial charge is 0.241 e. The number of hydrogen-bond acceptors (Lipinski definition) is 3. The highest BCUT2D eigenvalue weighted by Crippen LogP contribution is 2.31. The third-order valence-electron chi connectivity index (χ3n) is 5.71. The van der Waals surface area contributed by atoms with Gasteiger partial charge in [0.2, 0.25) is 11.8 Å². The third kappa shape index (κ3) is 4.67. The first-order valence-corrected chi connectivity index (χ1v) is 10.6. The van der Waals surface area contributed by atoms with Gasteiger partial charge in [0.05, 0.1) is 17.9 Å². The molecular weight excluding hydrogens is 386 g/mol. The van der Waals surface area contributed by atoms with Crippen LogP contribution < -0.4 is 15.5 Å². The summed E-state index contributed by atoms with van der Waals surface area (Å²) in [6.07, 6.45) is 0.275. The second-order valence-electron chi connectivity index (χ2n) is 7.97. The zero-order chi connectivity index (χ0) is 21.8. The predicted octanol–water partition coefficient (Wildman–Crippen LogP) is 4.77. The summed E-state index contributed by atoms with van der Waals surface area (Å²) in [7, 11) is 0. The monoisotopic (exact) mass is 413 g/mol. The maximum Gasteiger partial charge on any atom is 0.241 e. The van der Waals surface area contributed by atoms with Crippen molar-refractivity contribution >= 4 is 23.2 Å². The molecule has 1 aliphatic heterocycles. The normalized spacial score (nSPS) is 16.8. The lowest BCUT2D eigenvalue weighted by atomic mass is 10.0. The van der Waals surface area contributed by atoms with Crippen LogP contribution in [0.2, 0.25) is 0 Å². The van der Waals surface area contributed by atoms with E-state index < -0.39 is 0 Å². The molecule has 5 nitrogen and oxygen atoms in total. The van der Waals surface area contributed by atoms with Crippen molar-refractivity contribution in [3.8, 4) is 11.1 Å². The molecule has 0 saturated carbocycles. The molecule has 0 unspecified atom stereocenters. The van der Waals surface area contributed by atoms with E-state index in [-0.39, 0.29) is 36.9 Å². The van der Waals surface area contributed by atoms with E-state index in [1.54, 1.807) is 4.90 Å². The zero-order valence-corrected chi connectivity index (χ0v) is 17.8. The molecule has 0 radical (unpaired) electrons. The largest absolute Gasteiger partial charge is 0.324 e. The van der Waals surface area contributed by atoms with Crippen LogP contribution in [-0.2, 0) is 9.59 Å². The van der Waals surface area contributed by atoms with Crippen molar-refractivity contribution in [3.63, 3.8) is 0 Å². The van der Waals surface area contributed by atoms with E-state index in [9.17, 15) is 9.59 Å². The molecule has 2 amide bonds. The first kappa shape index (κ1) is 20.8. The average molecular weight is 414 g/mol. The zero-order valence-electron chi connectivity index (χ0n) is 17.8. The van der Waals surface area contributed by atoms with Gasteiger partial charge in [0.25, 0.3) is 0 Å². The van der Waals surface area contributed by atoms with Crippen molar-refractivity contribution in [2.24, 2.45) is 0 Å². The Hall–Kier alpha value is -3.44. The molecule has 3 aromatic carbocycles. The summed E-state index contributed by atoms with van der Waals surface area (Å²) in [4.78, 5) is 27.0. The van der Waals surface area contributed by atoms with Crippen LogP contribution in [0.5, 0.6) is 0 Å². The predicted molar refractivity (Wildman–Crippen MR) is 125 cm³/mol. The molecule has 0 spiro atoms. The number of anilines is 2. The molecule has 0 aromatic heterocycles. The van der Waals surface area contributed by atoms with Crippen LogP contribution in [0.25, 0.3) is 11.1 Å². The van der Waals surface area contributed by atoms with Crippen LogP contribution in [0, 0.1) is 0 Å². The molecule has 0 saturated heterocycles. The van der Waals surface area contributed by atoms with Gasteiger partial charge in [-0.15, -0.1) is 0 Å². The van der Waals surface area contributed by atoms with E-state index in [4.69, 9.17) is 0 Å².